The van der Waals surface area contributed by atoms with Crippen LogP contribution in [0.25, 0.3) is 0 Å². The lowest BCUT2D eigenvalue weighted by molar-refractivity contribution is -0.384. The van der Waals surface area contributed by atoms with E-state index < -0.39 is 22.8 Å². The van der Waals surface area contributed by atoms with Crippen LogP contribution in [0.1, 0.15) is 11.5 Å². The van der Waals surface area contributed by atoms with Crippen LogP contribution in [0.4, 0.5) is 5.69 Å². The first-order valence-corrected chi connectivity index (χ1v) is 4.09. The Morgan fingerprint density at radius 1 is 1.06 bits per heavy atom. The maximum absolute atomic E-state index is 10.5. The smallest absolute Gasteiger partial charge is 0.269 e. The van der Waals surface area contributed by atoms with Gasteiger partial charge in [-0.2, -0.15) is 0 Å². The minimum absolute atomic E-state index is 0.134. The first kappa shape index (κ1) is 11.6. The highest BCUT2D eigenvalue weighted by Crippen LogP contribution is 2.18. The number of nitrogens with zero attached hydrogens (tertiary/aromatic N) is 1. The van der Waals surface area contributed by atoms with Crippen molar-refractivity contribution in [3.05, 3.63) is 39.9 Å². The molecule has 1 aromatic carbocycles. The van der Waals surface area contributed by atoms with Gasteiger partial charge < -0.3 is 19.8 Å². The Labute approximate surface area is 89.1 Å². The normalized spacial score (nSPS) is 10.1. The van der Waals surface area contributed by atoms with E-state index in [9.17, 15) is 29.9 Å². The van der Waals surface area contributed by atoms with Gasteiger partial charge in [0, 0.05) is 12.1 Å². The molecular weight excluding hydrogens is 218 g/mol. The number of hydrogen-bond donors (Lipinski definition) is 0. The molecule has 0 bridgehead atoms. The summed E-state index contributed by atoms with van der Waals surface area (Å²) in [5, 5.41) is 31.3. The van der Waals surface area contributed by atoms with E-state index in [2.05, 4.69) is 0 Å². The Balaban J connectivity index is 3.08. The molecule has 7 nitrogen and oxygen atoms in total. The Bertz CT molecular complexity index is 424. The standard InChI is InChI=1S/C9H7NO6/c11-8(12)7(9(13)14)5-1-3-6(4-2-5)10(15)16/h1-4,7H,(H,11,12)(H,13,14)/p-2. The molecule has 0 unspecified atom stereocenters. The van der Waals surface area contributed by atoms with Gasteiger partial charge in [0.2, 0.25) is 0 Å². The lowest BCUT2D eigenvalue weighted by atomic mass is 9.99. The van der Waals surface area contributed by atoms with E-state index in [1.165, 1.54) is 0 Å². The van der Waals surface area contributed by atoms with Crippen LogP contribution in [0.5, 0.6) is 0 Å². The van der Waals surface area contributed by atoms with Crippen LogP contribution in [0.2, 0.25) is 0 Å². The molecule has 1 aromatic rings. The third-order valence-electron chi connectivity index (χ3n) is 1.91. The molecule has 84 valence electrons. The lowest BCUT2D eigenvalue weighted by Gasteiger charge is -2.18. The fourth-order valence-corrected chi connectivity index (χ4v) is 1.16. The summed E-state index contributed by atoms with van der Waals surface area (Å²) in [6.07, 6.45) is 0. The average Bonchev–Trinajstić information content (AvgIpc) is 2.17. The molecule has 0 aliphatic heterocycles. The van der Waals surface area contributed by atoms with Gasteiger partial charge in [-0.1, -0.05) is 12.1 Å². The number of carbonyl (C=O) groups is 2. The molecule has 1 rings (SSSR count). The zero-order valence-electron chi connectivity index (χ0n) is 7.78. The minimum Gasteiger partial charge on any atom is -0.549 e. The summed E-state index contributed by atoms with van der Waals surface area (Å²) in [6, 6.07) is 4.09. The number of rotatable bonds is 4. The van der Waals surface area contributed by atoms with E-state index >= 15 is 0 Å². The molecule has 0 atom stereocenters. The Morgan fingerprint density at radius 2 is 1.50 bits per heavy atom. The van der Waals surface area contributed by atoms with Gasteiger partial charge in [0.15, 0.2) is 0 Å². The number of carboxylic acid groups (broad SMARTS) is 2. The molecule has 0 aliphatic carbocycles. The van der Waals surface area contributed by atoms with Crippen LogP contribution in [-0.2, 0) is 9.59 Å². The summed E-state index contributed by atoms with van der Waals surface area (Å²) in [5.74, 6) is -5.58. The molecular formula is C9H5NO6-2. The van der Waals surface area contributed by atoms with Crippen LogP contribution in [0, 0.1) is 10.1 Å². The summed E-state index contributed by atoms with van der Waals surface area (Å²) in [7, 11) is 0. The van der Waals surface area contributed by atoms with Gasteiger partial charge in [-0.15, -0.1) is 0 Å². The summed E-state index contributed by atoms with van der Waals surface area (Å²) in [4.78, 5) is 30.6. The van der Waals surface area contributed by atoms with Gasteiger partial charge >= 0.3 is 0 Å². The molecule has 16 heavy (non-hydrogen) atoms. The van der Waals surface area contributed by atoms with Crippen LogP contribution in [-0.4, -0.2) is 16.9 Å². The van der Waals surface area contributed by atoms with Crippen molar-refractivity contribution in [2.45, 2.75) is 5.92 Å². The average molecular weight is 223 g/mol. The number of hydrogen-bond acceptors (Lipinski definition) is 6. The summed E-state index contributed by atoms with van der Waals surface area (Å²) < 4.78 is 0. The van der Waals surface area contributed by atoms with Gasteiger partial charge in [-0.3, -0.25) is 10.1 Å². The number of aliphatic carboxylic acids is 2. The monoisotopic (exact) mass is 223 g/mol. The molecule has 0 N–H and O–H groups in total. The summed E-state index contributed by atoms with van der Waals surface area (Å²) >= 11 is 0. The van der Waals surface area contributed by atoms with Gasteiger partial charge in [0.05, 0.1) is 22.8 Å². The highest BCUT2D eigenvalue weighted by molar-refractivity contribution is 5.97. The topological polar surface area (TPSA) is 123 Å². The number of benzene rings is 1. The van der Waals surface area contributed by atoms with Gasteiger partial charge in [0.25, 0.3) is 5.69 Å². The molecule has 0 amide bonds. The third kappa shape index (κ3) is 2.32. The van der Waals surface area contributed by atoms with Crippen molar-refractivity contribution in [3.8, 4) is 0 Å². The van der Waals surface area contributed by atoms with Gasteiger partial charge in [-0.25, -0.2) is 0 Å². The van der Waals surface area contributed by atoms with E-state index in [1.807, 2.05) is 0 Å². The second-order valence-corrected chi connectivity index (χ2v) is 2.92. The maximum Gasteiger partial charge on any atom is 0.269 e. The molecule has 7 heteroatoms. The van der Waals surface area contributed by atoms with Crippen LogP contribution in [0.15, 0.2) is 24.3 Å². The minimum atomic E-state index is -1.93. The fraction of sp³-hybridized carbons (Fsp3) is 0.111. The predicted octanol–water partition coefficient (Wildman–Crippen LogP) is -1.82. The molecule has 0 fully saturated rings. The first-order valence-electron chi connectivity index (χ1n) is 4.09. The van der Waals surface area contributed by atoms with E-state index in [0.717, 1.165) is 24.3 Å². The van der Waals surface area contributed by atoms with Crippen LogP contribution < -0.4 is 10.2 Å². The highest BCUT2D eigenvalue weighted by atomic mass is 16.6. The third-order valence-corrected chi connectivity index (χ3v) is 1.91. The van der Waals surface area contributed by atoms with Crippen molar-refractivity contribution < 1.29 is 24.7 Å². The molecule has 0 radical (unpaired) electrons. The zero-order chi connectivity index (χ0) is 12.3. The Kier molecular flexibility index (Phi) is 3.19. The molecule has 0 saturated heterocycles. The quantitative estimate of drug-likeness (QED) is 0.336. The van der Waals surface area contributed by atoms with E-state index in [1.54, 1.807) is 0 Å². The largest absolute Gasteiger partial charge is 0.549 e. The number of non-ortho nitro benzene ring substituents is 1. The van der Waals surface area contributed by atoms with Crippen molar-refractivity contribution in [3.63, 3.8) is 0 Å². The van der Waals surface area contributed by atoms with Crippen LogP contribution >= 0.6 is 0 Å². The number of nitro groups is 1. The molecule has 0 spiro atoms. The van der Waals surface area contributed by atoms with E-state index in [0.29, 0.717) is 0 Å². The zero-order valence-corrected chi connectivity index (χ0v) is 7.78. The van der Waals surface area contributed by atoms with E-state index in [-0.39, 0.29) is 11.3 Å². The van der Waals surface area contributed by atoms with Crippen molar-refractivity contribution in [2.75, 3.05) is 0 Å². The SMILES string of the molecule is O=C([O-])C(C(=O)[O-])c1ccc([N+](=O)[O-])cc1. The number of carbonyl (C=O) groups excluding carboxylic acids is 2. The maximum atomic E-state index is 10.5. The Hall–Kier alpha value is -2.44. The number of carboxylic acids is 2. The predicted molar refractivity (Wildman–Crippen MR) is 45.9 cm³/mol. The summed E-state index contributed by atoms with van der Waals surface area (Å²) in [5.41, 5.74) is -0.398. The van der Waals surface area contributed by atoms with Crippen molar-refractivity contribution in [2.24, 2.45) is 0 Å². The molecule has 0 aliphatic rings. The number of nitro benzene ring substituents is 1. The second-order valence-electron chi connectivity index (χ2n) is 2.92. The van der Waals surface area contributed by atoms with Crippen molar-refractivity contribution in [1.82, 2.24) is 0 Å². The van der Waals surface area contributed by atoms with Crippen molar-refractivity contribution >= 4 is 17.6 Å². The summed E-state index contributed by atoms with van der Waals surface area (Å²) in [6.45, 7) is 0. The van der Waals surface area contributed by atoms with Gasteiger partial charge in [-0.05, 0) is 5.56 Å². The van der Waals surface area contributed by atoms with E-state index in [4.69, 9.17) is 0 Å². The van der Waals surface area contributed by atoms with Crippen molar-refractivity contribution in [1.29, 1.82) is 0 Å². The highest BCUT2D eigenvalue weighted by Gasteiger charge is 2.15. The first-order chi connectivity index (χ1) is 7.43. The Morgan fingerprint density at radius 3 is 1.81 bits per heavy atom. The van der Waals surface area contributed by atoms with Crippen LogP contribution in [0.3, 0.4) is 0 Å². The van der Waals surface area contributed by atoms with Gasteiger partial charge in [0.1, 0.15) is 0 Å². The lowest BCUT2D eigenvalue weighted by Crippen LogP contribution is -2.41. The molecule has 0 saturated carbocycles. The molecule has 0 aromatic heterocycles. The molecule has 0 heterocycles. The second kappa shape index (κ2) is 4.39. The fourth-order valence-electron chi connectivity index (χ4n) is 1.16.